The van der Waals surface area contributed by atoms with Crippen LogP contribution in [0.3, 0.4) is 0 Å². The third-order valence-electron chi connectivity index (χ3n) is 4.21. The number of morpholine rings is 2. The fourth-order valence-electron chi connectivity index (χ4n) is 2.94. The van der Waals surface area contributed by atoms with E-state index in [-0.39, 0.29) is 29.7 Å². The largest absolute Gasteiger partial charge is 0.378 e. The van der Waals surface area contributed by atoms with E-state index in [9.17, 15) is 4.79 Å². The topological polar surface area (TPSA) is 62.8 Å². The molecule has 2 aliphatic heterocycles. The van der Waals surface area contributed by atoms with Crippen LogP contribution in [-0.2, 0) is 14.3 Å². The van der Waals surface area contributed by atoms with E-state index in [1.807, 2.05) is 0 Å². The molecule has 2 N–H and O–H groups in total. The van der Waals surface area contributed by atoms with Gasteiger partial charge in [-0.3, -0.25) is 9.69 Å². The molecule has 0 radical (unpaired) electrons. The van der Waals surface area contributed by atoms with Gasteiger partial charge in [0.25, 0.3) is 0 Å². The van der Waals surface area contributed by atoms with Crippen LogP contribution < -0.4 is 10.6 Å². The summed E-state index contributed by atoms with van der Waals surface area (Å²) >= 11 is 0. The van der Waals surface area contributed by atoms with E-state index in [0.717, 1.165) is 19.6 Å². The van der Waals surface area contributed by atoms with Crippen LogP contribution >= 0.6 is 0 Å². The molecule has 0 aromatic heterocycles. The maximum Gasteiger partial charge on any atom is 0.239 e. The van der Waals surface area contributed by atoms with Crippen LogP contribution in [0.25, 0.3) is 0 Å². The van der Waals surface area contributed by atoms with Gasteiger partial charge in [-0.1, -0.05) is 0 Å². The van der Waals surface area contributed by atoms with E-state index in [4.69, 9.17) is 9.47 Å². The average Bonchev–Trinajstić information content (AvgIpc) is 2.45. The lowest BCUT2D eigenvalue weighted by molar-refractivity contribution is -0.127. The maximum atomic E-state index is 12.2. The summed E-state index contributed by atoms with van der Waals surface area (Å²) in [5, 5.41) is 6.23. The molecule has 0 aromatic carbocycles. The molecular weight excluding hydrogens is 270 g/mol. The lowest BCUT2D eigenvalue weighted by atomic mass is 10.00. The van der Waals surface area contributed by atoms with Crippen molar-refractivity contribution in [3.8, 4) is 0 Å². The Morgan fingerprint density at radius 1 is 1.33 bits per heavy atom. The number of nitrogens with zero attached hydrogens (tertiary/aromatic N) is 1. The molecule has 122 valence electrons. The zero-order valence-corrected chi connectivity index (χ0v) is 13.6. The Morgan fingerprint density at radius 2 is 2.00 bits per heavy atom. The standard InChI is InChI=1S/C15H29N3O3/c1-11-7-18(8-12(2)21-11)15(3,4)10-17-14(19)13-9-20-6-5-16-13/h11-13,16H,5-10H2,1-4H3,(H,17,19). The summed E-state index contributed by atoms with van der Waals surface area (Å²) in [6, 6.07) is -0.225. The van der Waals surface area contributed by atoms with Crippen molar-refractivity contribution in [2.75, 3.05) is 39.4 Å². The van der Waals surface area contributed by atoms with E-state index < -0.39 is 0 Å². The van der Waals surface area contributed by atoms with Crippen molar-refractivity contribution in [2.45, 2.75) is 51.5 Å². The average molecular weight is 299 g/mol. The van der Waals surface area contributed by atoms with Gasteiger partial charge in [0.05, 0.1) is 25.4 Å². The molecule has 6 nitrogen and oxygen atoms in total. The third-order valence-corrected chi connectivity index (χ3v) is 4.21. The van der Waals surface area contributed by atoms with Crippen LogP contribution in [0.5, 0.6) is 0 Å². The quantitative estimate of drug-likeness (QED) is 0.764. The molecule has 0 spiro atoms. The molecular formula is C15H29N3O3. The van der Waals surface area contributed by atoms with Gasteiger partial charge in [0.1, 0.15) is 6.04 Å². The van der Waals surface area contributed by atoms with Gasteiger partial charge < -0.3 is 20.1 Å². The number of ether oxygens (including phenoxy) is 2. The van der Waals surface area contributed by atoms with Crippen LogP contribution in [0.15, 0.2) is 0 Å². The highest BCUT2D eigenvalue weighted by Gasteiger charge is 2.34. The highest BCUT2D eigenvalue weighted by molar-refractivity contribution is 5.82. The predicted molar refractivity (Wildman–Crippen MR) is 81.3 cm³/mol. The third kappa shape index (κ3) is 4.64. The molecule has 1 amide bonds. The molecule has 0 saturated carbocycles. The fourth-order valence-corrected chi connectivity index (χ4v) is 2.94. The van der Waals surface area contributed by atoms with Crippen LogP contribution in [0.2, 0.25) is 0 Å². The minimum Gasteiger partial charge on any atom is -0.378 e. The lowest BCUT2D eigenvalue weighted by Gasteiger charge is -2.45. The fraction of sp³-hybridized carbons (Fsp3) is 0.933. The van der Waals surface area contributed by atoms with Gasteiger partial charge in [-0.05, 0) is 27.7 Å². The van der Waals surface area contributed by atoms with Crippen molar-refractivity contribution in [3.63, 3.8) is 0 Å². The Morgan fingerprint density at radius 3 is 2.57 bits per heavy atom. The van der Waals surface area contributed by atoms with E-state index in [1.165, 1.54) is 0 Å². The van der Waals surface area contributed by atoms with Gasteiger partial charge >= 0.3 is 0 Å². The summed E-state index contributed by atoms with van der Waals surface area (Å²) in [7, 11) is 0. The molecule has 2 fully saturated rings. The minimum absolute atomic E-state index is 0.0251. The summed E-state index contributed by atoms with van der Waals surface area (Å²) in [6.45, 7) is 12.8. The predicted octanol–water partition coefficient (Wildman–Crippen LogP) is -0.0212. The SMILES string of the molecule is CC1CN(C(C)(C)CNC(=O)C2COCCN2)CC(C)O1. The minimum atomic E-state index is -0.225. The van der Waals surface area contributed by atoms with Gasteiger partial charge in [-0.15, -0.1) is 0 Å². The molecule has 0 bridgehead atoms. The second kappa shape index (κ2) is 7.05. The lowest BCUT2D eigenvalue weighted by Crippen LogP contribution is -2.60. The van der Waals surface area contributed by atoms with Crippen LogP contribution in [0, 0.1) is 0 Å². The molecule has 6 heteroatoms. The second-order valence-corrected chi connectivity index (χ2v) is 6.77. The molecule has 0 aromatic rings. The molecule has 0 aliphatic carbocycles. The maximum absolute atomic E-state index is 12.2. The first-order valence-electron chi connectivity index (χ1n) is 7.88. The monoisotopic (exact) mass is 299 g/mol. The molecule has 2 rings (SSSR count). The Balaban J connectivity index is 1.83. The Kier molecular flexibility index (Phi) is 5.60. The van der Waals surface area contributed by atoms with E-state index >= 15 is 0 Å². The molecule has 2 saturated heterocycles. The van der Waals surface area contributed by atoms with Crippen molar-refractivity contribution >= 4 is 5.91 Å². The summed E-state index contributed by atoms with van der Waals surface area (Å²) in [4.78, 5) is 14.6. The highest BCUT2D eigenvalue weighted by Crippen LogP contribution is 2.20. The summed E-state index contributed by atoms with van der Waals surface area (Å²) in [5.74, 6) is 0.0251. The number of rotatable bonds is 4. The van der Waals surface area contributed by atoms with Gasteiger partial charge in [-0.25, -0.2) is 0 Å². The van der Waals surface area contributed by atoms with Gasteiger partial charge in [-0.2, -0.15) is 0 Å². The van der Waals surface area contributed by atoms with Crippen molar-refractivity contribution < 1.29 is 14.3 Å². The smallest absolute Gasteiger partial charge is 0.239 e. The van der Waals surface area contributed by atoms with Crippen LogP contribution in [-0.4, -0.2) is 74.0 Å². The molecule has 3 unspecified atom stereocenters. The summed E-state index contributed by atoms with van der Waals surface area (Å²) in [5.41, 5.74) is -0.0858. The van der Waals surface area contributed by atoms with Crippen LogP contribution in [0.4, 0.5) is 0 Å². The number of carbonyl (C=O) groups excluding carboxylic acids is 1. The van der Waals surface area contributed by atoms with Crippen molar-refractivity contribution in [3.05, 3.63) is 0 Å². The van der Waals surface area contributed by atoms with Gasteiger partial charge in [0.15, 0.2) is 0 Å². The zero-order valence-electron chi connectivity index (χ0n) is 13.6. The number of hydrogen-bond acceptors (Lipinski definition) is 5. The van der Waals surface area contributed by atoms with Crippen LogP contribution in [0.1, 0.15) is 27.7 Å². The molecule has 2 aliphatic rings. The van der Waals surface area contributed by atoms with E-state index in [0.29, 0.717) is 19.8 Å². The number of amides is 1. The molecule has 2 heterocycles. The number of carbonyl (C=O) groups is 1. The van der Waals surface area contributed by atoms with Gasteiger partial charge in [0, 0.05) is 31.7 Å². The zero-order chi connectivity index (χ0) is 15.5. The highest BCUT2D eigenvalue weighted by atomic mass is 16.5. The Bertz CT molecular complexity index is 346. The van der Waals surface area contributed by atoms with E-state index in [1.54, 1.807) is 0 Å². The first-order chi connectivity index (χ1) is 9.88. The summed E-state index contributed by atoms with van der Waals surface area (Å²) in [6.07, 6.45) is 0.467. The van der Waals surface area contributed by atoms with Crippen molar-refractivity contribution in [2.24, 2.45) is 0 Å². The number of nitrogens with one attached hydrogen (secondary N) is 2. The second-order valence-electron chi connectivity index (χ2n) is 6.77. The van der Waals surface area contributed by atoms with Crippen molar-refractivity contribution in [1.82, 2.24) is 15.5 Å². The van der Waals surface area contributed by atoms with Crippen molar-refractivity contribution in [1.29, 1.82) is 0 Å². The van der Waals surface area contributed by atoms with Gasteiger partial charge in [0.2, 0.25) is 5.91 Å². The normalized spacial score (nSPS) is 31.9. The Hall–Kier alpha value is -0.690. The molecule has 21 heavy (non-hydrogen) atoms. The van der Waals surface area contributed by atoms with E-state index in [2.05, 4.69) is 43.2 Å². The first kappa shape index (κ1) is 16.7. The Labute approximate surface area is 127 Å². The molecule has 3 atom stereocenters. The number of hydrogen-bond donors (Lipinski definition) is 2. The summed E-state index contributed by atoms with van der Waals surface area (Å²) < 4.78 is 11.1. The first-order valence-corrected chi connectivity index (χ1v) is 7.88.